The average Bonchev–Trinajstić information content (AvgIpc) is 3.13. The van der Waals surface area contributed by atoms with Crippen LogP contribution in [0.2, 0.25) is 5.02 Å². The summed E-state index contributed by atoms with van der Waals surface area (Å²) in [4.78, 5) is 33.2. The van der Waals surface area contributed by atoms with E-state index in [1.807, 2.05) is 60.7 Å². The van der Waals surface area contributed by atoms with Crippen molar-refractivity contribution in [1.29, 1.82) is 0 Å². The molecule has 33 heavy (non-hydrogen) atoms. The smallest absolute Gasteiger partial charge is 0.319 e. The third-order valence-electron chi connectivity index (χ3n) is 5.50. The minimum Gasteiger partial charge on any atom is -0.331 e. The highest BCUT2D eigenvalue weighted by Crippen LogP contribution is 2.37. The van der Waals surface area contributed by atoms with Crippen molar-refractivity contribution in [3.63, 3.8) is 0 Å². The second-order valence-corrected chi connectivity index (χ2v) is 8.65. The van der Waals surface area contributed by atoms with E-state index in [0.29, 0.717) is 23.0 Å². The number of amides is 3. The zero-order valence-electron chi connectivity index (χ0n) is 18.7. The van der Waals surface area contributed by atoms with E-state index in [1.165, 1.54) is 0 Å². The predicted octanol–water partition coefficient (Wildman–Crippen LogP) is 5.31. The molecule has 3 amide bonds. The van der Waals surface area contributed by atoms with Crippen LogP contribution in [-0.2, 0) is 11.3 Å². The number of hydrogen-bond acceptors (Lipinski definition) is 3. The lowest BCUT2D eigenvalue weighted by atomic mass is 9.90. The van der Waals surface area contributed by atoms with Gasteiger partial charge in [0.05, 0.1) is 11.4 Å². The Morgan fingerprint density at radius 3 is 2.36 bits per heavy atom. The molecular formula is C26H25ClN4O2. The largest absolute Gasteiger partial charge is 0.331 e. The fourth-order valence-electron chi connectivity index (χ4n) is 3.91. The van der Waals surface area contributed by atoms with Gasteiger partial charge in [0.1, 0.15) is 5.92 Å². The number of hydrogen-bond donors (Lipinski definition) is 1. The van der Waals surface area contributed by atoms with Gasteiger partial charge >= 0.3 is 6.03 Å². The summed E-state index contributed by atoms with van der Waals surface area (Å²) in [6.07, 6.45) is 0. The Labute approximate surface area is 198 Å². The van der Waals surface area contributed by atoms with Crippen LogP contribution in [-0.4, -0.2) is 48.6 Å². The molecular weight excluding hydrogens is 436 g/mol. The molecule has 1 aliphatic heterocycles. The molecule has 1 unspecified atom stereocenters. The lowest BCUT2D eigenvalue weighted by Crippen LogP contribution is -2.35. The van der Waals surface area contributed by atoms with Crippen molar-refractivity contribution in [1.82, 2.24) is 9.80 Å². The summed E-state index contributed by atoms with van der Waals surface area (Å²) in [5.74, 6) is -0.668. The Balaban J connectivity index is 1.68. The van der Waals surface area contributed by atoms with Crippen LogP contribution in [0.15, 0.2) is 77.8 Å². The van der Waals surface area contributed by atoms with Crippen LogP contribution in [0.1, 0.15) is 22.6 Å². The number of anilines is 1. The first-order chi connectivity index (χ1) is 15.8. The SMILES string of the molecule is CN(C)C(=O)N(C)Cc1ccc(N=C(c2ccccc2)C2C(=O)Nc3cc(Cl)ccc32)cc1. The van der Waals surface area contributed by atoms with Gasteiger partial charge in [0.2, 0.25) is 5.91 Å². The molecule has 0 spiro atoms. The maximum atomic E-state index is 13.0. The van der Waals surface area contributed by atoms with Gasteiger partial charge in [0.25, 0.3) is 0 Å². The number of halogens is 1. The molecule has 0 aliphatic carbocycles. The minimum atomic E-state index is -0.539. The Kier molecular flexibility index (Phi) is 6.47. The Morgan fingerprint density at radius 1 is 1.00 bits per heavy atom. The summed E-state index contributed by atoms with van der Waals surface area (Å²) in [6.45, 7) is 0.492. The van der Waals surface area contributed by atoms with E-state index in [4.69, 9.17) is 16.6 Å². The van der Waals surface area contributed by atoms with Crippen LogP contribution < -0.4 is 5.32 Å². The van der Waals surface area contributed by atoms with Crippen molar-refractivity contribution in [3.05, 3.63) is 94.5 Å². The number of benzene rings is 3. The van der Waals surface area contributed by atoms with E-state index in [2.05, 4.69) is 5.32 Å². The number of carbonyl (C=O) groups is 2. The third kappa shape index (κ3) is 4.91. The first-order valence-electron chi connectivity index (χ1n) is 10.6. The highest BCUT2D eigenvalue weighted by Gasteiger charge is 2.35. The van der Waals surface area contributed by atoms with Gasteiger partial charge in [-0.1, -0.05) is 60.1 Å². The molecule has 1 N–H and O–H groups in total. The highest BCUT2D eigenvalue weighted by atomic mass is 35.5. The van der Waals surface area contributed by atoms with Gasteiger partial charge < -0.3 is 15.1 Å². The molecule has 4 rings (SSSR count). The van der Waals surface area contributed by atoms with Gasteiger partial charge in [-0.2, -0.15) is 0 Å². The van der Waals surface area contributed by atoms with Crippen LogP contribution in [0.3, 0.4) is 0 Å². The predicted molar refractivity (Wildman–Crippen MR) is 132 cm³/mol. The molecule has 0 bridgehead atoms. The topological polar surface area (TPSA) is 65.0 Å². The van der Waals surface area contributed by atoms with Gasteiger partial charge in [-0.15, -0.1) is 0 Å². The van der Waals surface area contributed by atoms with E-state index in [0.717, 1.165) is 22.4 Å². The zero-order valence-corrected chi connectivity index (χ0v) is 19.5. The summed E-state index contributed by atoms with van der Waals surface area (Å²) >= 11 is 6.12. The maximum Gasteiger partial charge on any atom is 0.319 e. The number of carbonyl (C=O) groups excluding carboxylic acids is 2. The molecule has 1 atom stereocenters. The summed E-state index contributed by atoms with van der Waals surface area (Å²) in [7, 11) is 5.23. The first kappa shape index (κ1) is 22.6. The number of rotatable bonds is 5. The molecule has 1 aliphatic rings. The number of aliphatic imine (C=N–C) groups is 1. The van der Waals surface area contributed by atoms with E-state index < -0.39 is 5.92 Å². The van der Waals surface area contributed by atoms with Crippen molar-refractivity contribution in [3.8, 4) is 0 Å². The van der Waals surface area contributed by atoms with Crippen LogP contribution >= 0.6 is 11.6 Å². The molecule has 3 aromatic rings. The van der Waals surface area contributed by atoms with Crippen molar-refractivity contribution in [2.45, 2.75) is 12.5 Å². The molecule has 3 aromatic carbocycles. The van der Waals surface area contributed by atoms with Crippen LogP contribution in [0.25, 0.3) is 0 Å². The van der Waals surface area contributed by atoms with E-state index in [1.54, 1.807) is 43.1 Å². The summed E-state index contributed by atoms with van der Waals surface area (Å²) in [6, 6.07) is 22.8. The van der Waals surface area contributed by atoms with Gasteiger partial charge in [0.15, 0.2) is 0 Å². The Hall–Kier alpha value is -3.64. The fourth-order valence-corrected chi connectivity index (χ4v) is 4.08. The van der Waals surface area contributed by atoms with Crippen LogP contribution in [0.4, 0.5) is 16.2 Å². The number of nitrogens with zero attached hydrogens (tertiary/aromatic N) is 3. The molecule has 0 saturated carbocycles. The van der Waals surface area contributed by atoms with Gasteiger partial charge in [0, 0.05) is 38.4 Å². The highest BCUT2D eigenvalue weighted by molar-refractivity contribution is 6.31. The fraction of sp³-hybridized carbons (Fsp3) is 0.192. The van der Waals surface area contributed by atoms with Crippen molar-refractivity contribution >= 4 is 40.6 Å². The molecule has 0 fully saturated rings. The van der Waals surface area contributed by atoms with Crippen molar-refractivity contribution in [2.75, 3.05) is 26.5 Å². The molecule has 0 saturated heterocycles. The number of fused-ring (bicyclic) bond motifs is 1. The van der Waals surface area contributed by atoms with Gasteiger partial charge in [-0.25, -0.2) is 4.79 Å². The zero-order chi connectivity index (χ0) is 23.5. The summed E-state index contributed by atoms with van der Waals surface area (Å²) in [5, 5.41) is 3.50. The summed E-state index contributed by atoms with van der Waals surface area (Å²) < 4.78 is 0. The first-order valence-corrected chi connectivity index (χ1v) is 11.0. The van der Waals surface area contributed by atoms with E-state index in [9.17, 15) is 9.59 Å². The second kappa shape index (κ2) is 9.46. The third-order valence-corrected chi connectivity index (χ3v) is 5.74. The van der Waals surface area contributed by atoms with Crippen LogP contribution in [0.5, 0.6) is 0 Å². The second-order valence-electron chi connectivity index (χ2n) is 8.22. The normalized spacial score (nSPS) is 15.1. The number of nitrogens with one attached hydrogen (secondary N) is 1. The van der Waals surface area contributed by atoms with Crippen molar-refractivity contribution < 1.29 is 9.59 Å². The van der Waals surface area contributed by atoms with Gasteiger partial charge in [-0.05, 0) is 41.0 Å². The maximum absolute atomic E-state index is 13.0. The molecule has 0 aromatic heterocycles. The monoisotopic (exact) mass is 460 g/mol. The molecule has 168 valence electrons. The minimum absolute atomic E-state index is 0.0607. The number of urea groups is 1. The lowest BCUT2D eigenvalue weighted by Gasteiger charge is -2.21. The molecule has 1 heterocycles. The Morgan fingerprint density at radius 2 is 1.70 bits per heavy atom. The van der Waals surface area contributed by atoms with Crippen molar-refractivity contribution in [2.24, 2.45) is 4.99 Å². The standard InChI is InChI=1S/C26H25ClN4O2/c1-30(2)26(33)31(3)16-17-9-12-20(13-10-17)28-24(18-7-5-4-6-8-18)23-21-14-11-19(27)15-22(21)29-25(23)32/h4-15,23H,16H2,1-3H3,(H,29,32). The van der Waals surface area contributed by atoms with Gasteiger partial charge in [-0.3, -0.25) is 9.79 Å². The summed E-state index contributed by atoms with van der Waals surface area (Å²) in [5.41, 5.74) is 4.83. The molecule has 6 nitrogen and oxygen atoms in total. The Bertz CT molecular complexity index is 1210. The van der Waals surface area contributed by atoms with E-state index in [-0.39, 0.29) is 11.9 Å². The quantitative estimate of drug-likeness (QED) is 0.524. The lowest BCUT2D eigenvalue weighted by molar-refractivity contribution is -0.115. The average molecular weight is 461 g/mol. The molecule has 7 heteroatoms. The van der Waals surface area contributed by atoms with E-state index >= 15 is 0 Å². The molecule has 0 radical (unpaired) electrons. The van der Waals surface area contributed by atoms with Crippen LogP contribution in [0, 0.1) is 0 Å².